The van der Waals surface area contributed by atoms with E-state index in [9.17, 15) is 4.79 Å². The lowest BCUT2D eigenvalue weighted by atomic mass is 10.1. The van der Waals surface area contributed by atoms with Crippen LogP contribution < -0.4 is 4.74 Å². The summed E-state index contributed by atoms with van der Waals surface area (Å²) in [5.41, 5.74) is 2.24. The minimum atomic E-state index is -0.385. The van der Waals surface area contributed by atoms with Gasteiger partial charge in [-0.3, -0.25) is 4.98 Å². The standard InChI is InChI=1S/C14H14BrNO3/c1-4-19-14(17)11-7-16-13-8(2)5-9(18-3)6-10(13)12(11)15/h5-7H,4H2,1-3H3. The maximum Gasteiger partial charge on any atom is 0.340 e. The van der Waals surface area contributed by atoms with E-state index >= 15 is 0 Å². The van der Waals surface area contributed by atoms with Gasteiger partial charge in [-0.25, -0.2) is 4.79 Å². The lowest BCUT2D eigenvalue weighted by Crippen LogP contribution is -2.06. The molecule has 0 aliphatic carbocycles. The number of nitrogens with zero attached hydrogens (tertiary/aromatic N) is 1. The number of aromatic nitrogens is 1. The van der Waals surface area contributed by atoms with Crippen molar-refractivity contribution in [1.82, 2.24) is 4.98 Å². The van der Waals surface area contributed by atoms with Crippen molar-refractivity contribution in [2.45, 2.75) is 13.8 Å². The molecule has 0 radical (unpaired) electrons. The van der Waals surface area contributed by atoms with Gasteiger partial charge in [0.1, 0.15) is 5.75 Å². The summed E-state index contributed by atoms with van der Waals surface area (Å²) < 4.78 is 10.9. The van der Waals surface area contributed by atoms with Crippen LogP contribution in [0.15, 0.2) is 22.8 Å². The molecule has 100 valence electrons. The van der Waals surface area contributed by atoms with Gasteiger partial charge in [-0.1, -0.05) is 0 Å². The second kappa shape index (κ2) is 5.57. The molecule has 0 N–H and O–H groups in total. The first kappa shape index (κ1) is 13.8. The van der Waals surface area contributed by atoms with E-state index in [-0.39, 0.29) is 5.97 Å². The summed E-state index contributed by atoms with van der Waals surface area (Å²) in [6.45, 7) is 4.06. The quantitative estimate of drug-likeness (QED) is 0.811. The number of methoxy groups -OCH3 is 1. The highest BCUT2D eigenvalue weighted by Gasteiger charge is 2.16. The van der Waals surface area contributed by atoms with Crippen LogP contribution in [0.1, 0.15) is 22.8 Å². The molecular formula is C14H14BrNO3. The summed E-state index contributed by atoms with van der Waals surface area (Å²) in [7, 11) is 1.61. The number of pyridine rings is 1. The molecule has 0 aliphatic heterocycles. The summed E-state index contributed by atoms with van der Waals surface area (Å²) in [4.78, 5) is 16.2. The van der Waals surface area contributed by atoms with Crippen molar-refractivity contribution in [3.63, 3.8) is 0 Å². The lowest BCUT2D eigenvalue weighted by Gasteiger charge is -2.10. The van der Waals surface area contributed by atoms with Gasteiger partial charge in [0.15, 0.2) is 0 Å². The van der Waals surface area contributed by atoms with Gasteiger partial charge in [0.2, 0.25) is 0 Å². The Bertz CT molecular complexity index is 640. The third kappa shape index (κ3) is 2.56. The largest absolute Gasteiger partial charge is 0.497 e. The molecule has 0 amide bonds. The smallest absolute Gasteiger partial charge is 0.340 e. The van der Waals surface area contributed by atoms with Crippen molar-refractivity contribution in [3.8, 4) is 5.75 Å². The third-order valence-electron chi connectivity index (χ3n) is 2.80. The number of halogens is 1. The number of benzene rings is 1. The molecular weight excluding hydrogens is 310 g/mol. The number of carbonyl (C=O) groups is 1. The molecule has 1 heterocycles. The predicted molar refractivity (Wildman–Crippen MR) is 76.7 cm³/mol. The molecule has 0 saturated carbocycles. The Morgan fingerprint density at radius 3 is 2.79 bits per heavy atom. The highest BCUT2D eigenvalue weighted by atomic mass is 79.9. The van der Waals surface area contributed by atoms with Gasteiger partial charge in [0.25, 0.3) is 0 Å². The van der Waals surface area contributed by atoms with Crippen LogP contribution in [0.4, 0.5) is 0 Å². The van der Waals surface area contributed by atoms with Gasteiger partial charge in [-0.2, -0.15) is 0 Å². The minimum Gasteiger partial charge on any atom is -0.497 e. The molecule has 0 atom stereocenters. The Morgan fingerprint density at radius 2 is 2.16 bits per heavy atom. The Hall–Kier alpha value is -1.62. The number of hydrogen-bond acceptors (Lipinski definition) is 4. The van der Waals surface area contributed by atoms with Crippen LogP contribution in [-0.4, -0.2) is 24.7 Å². The zero-order chi connectivity index (χ0) is 14.0. The van der Waals surface area contributed by atoms with E-state index in [0.717, 1.165) is 22.2 Å². The number of ether oxygens (including phenoxy) is 2. The van der Waals surface area contributed by atoms with Gasteiger partial charge >= 0.3 is 5.97 Å². The van der Waals surface area contributed by atoms with Crippen LogP contribution in [0.3, 0.4) is 0 Å². The fourth-order valence-electron chi connectivity index (χ4n) is 1.88. The van der Waals surface area contributed by atoms with Crippen LogP contribution in [0.2, 0.25) is 0 Å². The summed E-state index contributed by atoms with van der Waals surface area (Å²) in [6.07, 6.45) is 1.53. The van der Waals surface area contributed by atoms with E-state index in [4.69, 9.17) is 9.47 Å². The molecule has 0 spiro atoms. The number of esters is 1. The van der Waals surface area contributed by atoms with Crippen LogP contribution >= 0.6 is 15.9 Å². The van der Waals surface area contributed by atoms with E-state index in [1.165, 1.54) is 6.20 Å². The fraction of sp³-hybridized carbons (Fsp3) is 0.286. The van der Waals surface area contributed by atoms with Crippen molar-refractivity contribution in [3.05, 3.63) is 33.9 Å². The Labute approximate surface area is 119 Å². The normalized spacial score (nSPS) is 10.5. The average Bonchev–Trinajstić information content (AvgIpc) is 2.39. The second-order valence-corrected chi connectivity index (χ2v) is 4.84. The summed E-state index contributed by atoms with van der Waals surface area (Å²) >= 11 is 3.45. The summed E-state index contributed by atoms with van der Waals surface area (Å²) in [5, 5.41) is 0.836. The molecule has 0 bridgehead atoms. The monoisotopic (exact) mass is 323 g/mol. The second-order valence-electron chi connectivity index (χ2n) is 4.05. The average molecular weight is 324 g/mol. The Balaban J connectivity index is 2.66. The van der Waals surface area contributed by atoms with Crippen LogP contribution in [0.25, 0.3) is 10.9 Å². The molecule has 2 aromatic rings. The first-order valence-electron chi connectivity index (χ1n) is 5.88. The van der Waals surface area contributed by atoms with E-state index in [1.54, 1.807) is 14.0 Å². The lowest BCUT2D eigenvalue weighted by molar-refractivity contribution is 0.0525. The molecule has 2 rings (SSSR count). The maximum atomic E-state index is 11.8. The zero-order valence-electron chi connectivity index (χ0n) is 11.0. The number of hydrogen-bond donors (Lipinski definition) is 0. The number of carbonyl (C=O) groups excluding carboxylic acids is 1. The fourth-order valence-corrected chi connectivity index (χ4v) is 2.45. The van der Waals surface area contributed by atoms with Crippen LogP contribution in [-0.2, 0) is 4.74 Å². The number of rotatable bonds is 3. The van der Waals surface area contributed by atoms with E-state index in [2.05, 4.69) is 20.9 Å². The van der Waals surface area contributed by atoms with Crippen molar-refractivity contribution in [1.29, 1.82) is 0 Å². The number of fused-ring (bicyclic) bond motifs is 1. The number of aryl methyl sites for hydroxylation is 1. The van der Waals surface area contributed by atoms with Crippen molar-refractivity contribution >= 4 is 32.8 Å². The molecule has 4 nitrogen and oxygen atoms in total. The Morgan fingerprint density at radius 1 is 1.42 bits per heavy atom. The van der Waals surface area contributed by atoms with Crippen molar-refractivity contribution in [2.75, 3.05) is 13.7 Å². The predicted octanol–water partition coefficient (Wildman–Crippen LogP) is 3.49. The van der Waals surface area contributed by atoms with Crippen molar-refractivity contribution < 1.29 is 14.3 Å². The zero-order valence-corrected chi connectivity index (χ0v) is 12.6. The highest BCUT2D eigenvalue weighted by Crippen LogP contribution is 2.31. The van der Waals surface area contributed by atoms with Gasteiger partial charge in [0.05, 0.1) is 24.8 Å². The molecule has 0 unspecified atom stereocenters. The van der Waals surface area contributed by atoms with E-state index in [1.807, 2.05) is 19.1 Å². The SMILES string of the molecule is CCOC(=O)c1cnc2c(C)cc(OC)cc2c1Br. The summed E-state index contributed by atoms with van der Waals surface area (Å²) in [6, 6.07) is 3.76. The summed E-state index contributed by atoms with van der Waals surface area (Å²) in [5.74, 6) is 0.345. The minimum absolute atomic E-state index is 0.334. The van der Waals surface area contributed by atoms with Crippen molar-refractivity contribution in [2.24, 2.45) is 0 Å². The molecule has 0 fully saturated rings. The van der Waals surface area contributed by atoms with Gasteiger partial charge in [0, 0.05) is 16.1 Å². The maximum absolute atomic E-state index is 11.8. The van der Waals surface area contributed by atoms with E-state index < -0.39 is 0 Å². The third-order valence-corrected chi connectivity index (χ3v) is 3.66. The first-order valence-corrected chi connectivity index (χ1v) is 6.67. The molecule has 5 heteroatoms. The van der Waals surface area contributed by atoms with Gasteiger partial charge < -0.3 is 9.47 Å². The molecule has 0 saturated heterocycles. The van der Waals surface area contributed by atoms with Crippen LogP contribution in [0.5, 0.6) is 5.75 Å². The van der Waals surface area contributed by atoms with Gasteiger partial charge in [-0.05, 0) is 47.5 Å². The first-order chi connectivity index (χ1) is 9.08. The molecule has 1 aromatic heterocycles. The van der Waals surface area contributed by atoms with E-state index in [0.29, 0.717) is 16.6 Å². The van der Waals surface area contributed by atoms with Crippen LogP contribution in [0, 0.1) is 6.92 Å². The topological polar surface area (TPSA) is 48.4 Å². The van der Waals surface area contributed by atoms with Gasteiger partial charge in [-0.15, -0.1) is 0 Å². The Kier molecular flexibility index (Phi) is 4.04. The molecule has 1 aromatic carbocycles. The molecule has 19 heavy (non-hydrogen) atoms. The molecule has 0 aliphatic rings. The highest BCUT2D eigenvalue weighted by molar-refractivity contribution is 9.10.